The van der Waals surface area contributed by atoms with Gasteiger partial charge < -0.3 is 20.3 Å². The minimum absolute atomic E-state index is 0.135. The van der Waals surface area contributed by atoms with Crippen molar-refractivity contribution in [3.8, 4) is 5.75 Å². The maximum atomic E-state index is 10.9. The van der Waals surface area contributed by atoms with Gasteiger partial charge in [0.05, 0.1) is 5.70 Å². The second-order valence-corrected chi connectivity index (χ2v) is 8.26. The summed E-state index contributed by atoms with van der Waals surface area (Å²) in [6.45, 7) is 5.89. The molecular formula is C24H33NO4. The molecule has 0 radical (unpaired) electrons. The van der Waals surface area contributed by atoms with E-state index in [2.05, 4.69) is 26.1 Å². The highest BCUT2D eigenvalue weighted by Crippen LogP contribution is 2.33. The zero-order chi connectivity index (χ0) is 21.0. The van der Waals surface area contributed by atoms with Gasteiger partial charge in [0.2, 0.25) is 0 Å². The molecule has 158 valence electrons. The van der Waals surface area contributed by atoms with E-state index in [-0.39, 0.29) is 12.6 Å². The lowest BCUT2D eigenvalue weighted by Crippen LogP contribution is -2.36. The number of aliphatic carboxylic acids is 1. The fourth-order valence-electron chi connectivity index (χ4n) is 4.73. The summed E-state index contributed by atoms with van der Waals surface area (Å²) in [4.78, 5) is 10.9. The highest BCUT2D eigenvalue weighted by atomic mass is 16.5. The molecule has 1 saturated carbocycles. The summed E-state index contributed by atoms with van der Waals surface area (Å²) >= 11 is 0. The van der Waals surface area contributed by atoms with Gasteiger partial charge in [0, 0.05) is 12.0 Å². The Morgan fingerprint density at radius 1 is 1.21 bits per heavy atom. The summed E-state index contributed by atoms with van der Waals surface area (Å²) in [5.41, 5.74) is 5.60. The Morgan fingerprint density at radius 3 is 2.59 bits per heavy atom. The Bertz CT molecular complexity index is 819. The average Bonchev–Trinajstić information content (AvgIpc) is 2.71. The Kier molecular flexibility index (Phi) is 6.88. The Balaban J connectivity index is 1.79. The third-order valence-electron chi connectivity index (χ3n) is 6.27. The molecule has 0 bridgehead atoms. The van der Waals surface area contributed by atoms with Gasteiger partial charge in [-0.15, -0.1) is 0 Å². The molecule has 5 nitrogen and oxygen atoms in total. The molecule has 1 aliphatic carbocycles. The van der Waals surface area contributed by atoms with Crippen LogP contribution in [0.2, 0.25) is 0 Å². The van der Waals surface area contributed by atoms with E-state index in [1.807, 2.05) is 18.2 Å². The van der Waals surface area contributed by atoms with Crippen LogP contribution in [0.25, 0.3) is 0 Å². The van der Waals surface area contributed by atoms with E-state index in [1.54, 1.807) is 0 Å². The van der Waals surface area contributed by atoms with E-state index in [4.69, 9.17) is 9.84 Å². The number of carboxylic acids is 1. The number of aliphatic hydroxyl groups excluding tert-OH is 1. The summed E-state index contributed by atoms with van der Waals surface area (Å²) < 4.78 is 5.54. The number of allylic oxidation sites excluding steroid dienone is 2. The molecule has 1 aliphatic heterocycles. The molecule has 0 aromatic heterocycles. The minimum atomic E-state index is -0.968. The number of rotatable bonds is 7. The predicted octanol–water partition coefficient (Wildman–Crippen LogP) is 4.75. The zero-order valence-corrected chi connectivity index (χ0v) is 17.8. The maximum absolute atomic E-state index is 10.9. The highest BCUT2D eigenvalue weighted by Gasteiger charge is 2.25. The molecule has 0 saturated heterocycles. The number of nitrogens with one attached hydrogen (secondary N) is 1. The Labute approximate surface area is 173 Å². The van der Waals surface area contributed by atoms with Crippen LogP contribution in [0, 0.1) is 19.8 Å². The molecule has 0 amide bonds. The van der Waals surface area contributed by atoms with E-state index < -0.39 is 5.97 Å². The van der Waals surface area contributed by atoms with Crippen molar-refractivity contribution in [1.29, 1.82) is 0 Å². The van der Waals surface area contributed by atoms with E-state index in [0.717, 1.165) is 42.5 Å². The molecule has 0 spiro atoms. The van der Waals surface area contributed by atoms with Gasteiger partial charge in [-0.1, -0.05) is 32.3 Å². The SMILES string of the molecule is CCc1c(OCC(=O)O)cc(C)c(CC2C=CC(O)=C(C3CCCCC3)N2)c1C. The van der Waals surface area contributed by atoms with Gasteiger partial charge in [-0.25, -0.2) is 4.79 Å². The maximum Gasteiger partial charge on any atom is 0.341 e. The molecular weight excluding hydrogens is 366 g/mol. The number of aryl methyl sites for hydroxylation is 1. The molecule has 1 fully saturated rings. The minimum Gasteiger partial charge on any atom is -0.506 e. The van der Waals surface area contributed by atoms with Crippen LogP contribution in [0.3, 0.4) is 0 Å². The molecule has 3 rings (SSSR count). The molecule has 1 atom stereocenters. The Morgan fingerprint density at radius 2 is 1.93 bits per heavy atom. The summed E-state index contributed by atoms with van der Waals surface area (Å²) in [6, 6.07) is 2.10. The van der Waals surface area contributed by atoms with E-state index in [0.29, 0.717) is 17.4 Å². The molecule has 3 N–H and O–H groups in total. The molecule has 1 heterocycles. The number of dihydropyridines is 1. The smallest absolute Gasteiger partial charge is 0.341 e. The van der Waals surface area contributed by atoms with Crippen molar-refractivity contribution in [2.45, 2.75) is 71.8 Å². The largest absolute Gasteiger partial charge is 0.506 e. The van der Waals surface area contributed by atoms with E-state index in [1.165, 1.54) is 30.4 Å². The predicted molar refractivity (Wildman–Crippen MR) is 114 cm³/mol. The topological polar surface area (TPSA) is 78.8 Å². The number of hydrogen-bond donors (Lipinski definition) is 3. The fourth-order valence-corrected chi connectivity index (χ4v) is 4.73. The number of ether oxygens (including phenoxy) is 1. The number of carboxylic acid groups (broad SMARTS) is 1. The first kappa shape index (κ1) is 21.3. The van der Waals surface area contributed by atoms with Gasteiger partial charge in [-0.3, -0.25) is 0 Å². The van der Waals surface area contributed by atoms with Crippen molar-refractivity contribution in [1.82, 2.24) is 5.32 Å². The first-order valence-electron chi connectivity index (χ1n) is 10.7. The van der Waals surface area contributed by atoms with Crippen LogP contribution in [-0.4, -0.2) is 28.8 Å². The average molecular weight is 400 g/mol. The normalized spacial score (nSPS) is 19.9. The summed E-state index contributed by atoms with van der Waals surface area (Å²) in [5.74, 6) is 0.510. The third-order valence-corrected chi connectivity index (χ3v) is 6.27. The quantitative estimate of drug-likeness (QED) is 0.617. The molecule has 29 heavy (non-hydrogen) atoms. The Hall–Kier alpha value is -2.43. The zero-order valence-electron chi connectivity index (χ0n) is 17.8. The summed E-state index contributed by atoms with van der Waals surface area (Å²) in [5, 5.41) is 22.9. The van der Waals surface area contributed by atoms with Crippen LogP contribution in [0.15, 0.2) is 29.7 Å². The van der Waals surface area contributed by atoms with Gasteiger partial charge >= 0.3 is 5.97 Å². The van der Waals surface area contributed by atoms with Crippen molar-refractivity contribution in [3.05, 3.63) is 51.9 Å². The second kappa shape index (κ2) is 9.38. The molecule has 1 aromatic carbocycles. The van der Waals surface area contributed by atoms with Crippen molar-refractivity contribution >= 4 is 5.97 Å². The van der Waals surface area contributed by atoms with Crippen molar-refractivity contribution in [3.63, 3.8) is 0 Å². The lowest BCUT2D eigenvalue weighted by molar-refractivity contribution is -0.139. The highest BCUT2D eigenvalue weighted by molar-refractivity contribution is 5.68. The molecule has 5 heteroatoms. The second-order valence-electron chi connectivity index (χ2n) is 8.26. The lowest BCUT2D eigenvalue weighted by Gasteiger charge is -2.31. The molecule has 1 aromatic rings. The van der Waals surface area contributed by atoms with E-state index in [9.17, 15) is 9.90 Å². The molecule has 1 unspecified atom stereocenters. The standard InChI is InChI=1S/C24H33NO4/c1-4-19-16(3)20(15(2)12-22(19)29-14-23(27)28)13-18-10-11-21(26)24(25-18)17-8-6-5-7-9-17/h10-12,17-18,25-26H,4-9,13-14H2,1-3H3,(H,27,28). The van der Waals surface area contributed by atoms with Crippen molar-refractivity contribution < 1.29 is 19.7 Å². The summed E-state index contributed by atoms with van der Waals surface area (Å²) in [6.07, 6.45) is 11.5. The van der Waals surface area contributed by atoms with Gasteiger partial charge in [0.25, 0.3) is 0 Å². The molecule has 2 aliphatic rings. The van der Waals surface area contributed by atoms with Gasteiger partial charge in [0.15, 0.2) is 6.61 Å². The van der Waals surface area contributed by atoms with Crippen molar-refractivity contribution in [2.24, 2.45) is 5.92 Å². The summed E-state index contributed by atoms with van der Waals surface area (Å²) in [7, 11) is 0. The monoisotopic (exact) mass is 399 g/mol. The first-order valence-corrected chi connectivity index (χ1v) is 10.7. The van der Waals surface area contributed by atoms with Crippen LogP contribution < -0.4 is 10.1 Å². The first-order chi connectivity index (χ1) is 13.9. The van der Waals surface area contributed by atoms with Crippen LogP contribution in [-0.2, 0) is 17.6 Å². The number of hydrogen-bond acceptors (Lipinski definition) is 4. The number of aliphatic hydroxyl groups is 1. The van der Waals surface area contributed by atoms with Gasteiger partial charge in [-0.2, -0.15) is 0 Å². The number of carbonyl (C=O) groups is 1. The lowest BCUT2D eigenvalue weighted by atomic mass is 9.84. The number of benzene rings is 1. The van der Waals surface area contributed by atoms with Crippen LogP contribution in [0.5, 0.6) is 5.75 Å². The van der Waals surface area contributed by atoms with Gasteiger partial charge in [-0.05, 0) is 73.9 Å². The van der Waals surface area contributed by atoms with Crippen molar-refractivity contribution in [2.75, 3.05) is 6.61 Å². The van der Waals surface area contributed by atoms with E-state index >= 15 is 0 Å². The van der Waals surface area contributed by atoms with Crippen LogP contribution in [0.4, 0.5) is 0 Å². The van der Waals surface area contributed by atoms with Crippen LogP contribution >= 0.6 is 0 Å². The third kappa shape index (κ3) is 4.95. The van der Waals surface area contributed by atoms with Crippen LogP contribution in [0.1, 0.15) is 61.3 Å². The van der Waals surface area contributed by atoms with Gasteiger partial charge in [0.1, 0.15) is 11.5 Å². The fraction of sp³-hybridized carbons (Fsp3) is 0.542.